The van der Waals surface area contributed by atoms with Crippen molar-refractivity contribution in [1.29, 1.82) is 0 Å². The van der Waals surface area contributed by atoms with Gasteiger partial charge in [0.2, 0.25) is 11.8 Å². The summed E-state index contributed by atoms with van der Waals surface area (Å²) in [6.07, 6.45) is 1.53. The SMILES string of the molecule is CC(=O)NC(CC(=O)NCc1cn(CC(=O)O)nn1)c1ccccc1. The van der Waals surface area contributed by atoms with Crippen molar-refractivity contribution in [2.45, 2.75) is 32.5 Å². The van der Waals surface area contributed by atoms with Gasteiger partial charge in [-0.05, 0) is 5.56 Å². The van der Waals surface area contributed by atoms with Gasteiger partial charge in [0.1, 0.15) is 12.2 Å². The van der Waals surface area contributed by atoms with Gasteiger partial charge in [0.05, 0.1) is 25.2 Å². The fourth-order valence-electron chi connectivity index (χ4n) is 2.27. The van der Waals surface area contributed by atoms with Crippen LogP contribution in [0.25, 0.3) is 0 Å². The molecule has 0 saturated carbocycles. The average molecular weight is 345 g/mol. The molecule has 132 valence electrons. The van der Waals surface area contributed by atoms with E-state index in [2.05, 4.69) is 20.9 Å². The Hall–Kier alpha value is -3.23. The van der Waals surface area contributed by atoms with E-state index in [4.69, 9.17) is 5.11 Å². The van der Waals surface area contributed by atoms with E-state index in [1.165, 1.54) is 17.8 Å². The molecule has 1 unspecified atom stereocenters. The van der Waals surface area contributed by atoms with Gasteiger partial charge in [0, 0.05) is 6.92 Å². The minimum atomic E-state index is -1.03. The Morgan fingerprint density at radius 2 is 1.96 bits per heavy atom. The molecule has 9 heteroatoms. The molecule has 1 atom stereocenters. The van der Waals surface area contributed by atoms with Crippen LogP contribution in [0.15, 0.2) is 36.5 Å². The van der Waals surface area contributed by atoms with Crippen molar-refractivity contribution in [3.63, 3.8) is 0 Å². The zero-order valence-electron chi connectivity index (χ0n) is 13.7. The molecule has 0 saturated heterocycles. The molecular weight excluding hydrogens is 326 g/mol. The van der Waals surface area contributed by atoms with E-state index in [0.29, 0.717) is 5.69 Å². The highest BCUT2D eigenvalue weighted by Crippen LogP contribution is 2.16. The molecule has 1 aromatic carbocycles. The van der Waals surface area contributed by atoms with Crippen LogP contribution >= 0.6 is 0 Å². The van der Waals surface area contributed by atoms with Gasteiger partial charge in [-0.2, -0.15) is 0 Å². The van der Waals surface area contributed by atoms with Gasteiger partial charge in [0.25, 0.3) is 0 Å². The van der Waals surface area contributed by atoms with Gasteiger partial charge in [0.15, 0.2) is 0 Å². The fraction of sp³-hybridized carbons (Fsp3) is 0.312. The summed E-state index contributed by atoms with van der Waals surface area (Å²) in [4.78, 5) is 34.1. The van der Waals surface area contributed by atoms with Gasteiger partial charge < -0.3 is 15.7 Å². The first kappa shape index (κ1) is 18.1. The molecule has 0 aliphatic heterocycles. The highest BCUT2D eigenvalue weighted by molar-refractivity contribution is 5.79. The zero-order chi connectivity index (χ0) is 18.2. The van der Waals surface area contributed by atoms with E-state index in [-0.39, 0.29) is 31.3 Å². The van der Waals surface area contributed by atoms with Crippen molar-refractivity contribution in [2.24, 2.45) is 0 Å². The van der Waals surface area contributed by atoms with Gasteiger partial charge in [-0.15, -0.1) is 5.10 Å². The van der Waals surface area contributed by atoms with E-state index >= 15 is 0 Å². The van der Waals surface area contributed by atoms with Crippen LogP contribution in [0.3, 0.4) is 0 Å². The number of carbonyl (C=O) groups excluding carboxylic acids is 2. The maximum atomic E-state index is 12.2. The quantitative estimate of drug-likeness (QED) is 0.629. The number of carboxylic acid groups (broad SMARTS) is 1. The second-order valence-corrected chi connectivity index (χ2v) is 5.45. The number of nitrogens with zero attached hydrogens (tertiary/aromatic N) is 3. The van der Waals surface area contributed by atoms with Crippen molar-refractivity contribution >= 4 is 17.8 Å². The summed E-state index contributed by atoms with van der Waals surface area (Å²) < 4.78 is 1.17. The Morgan fingerprint density at radius 1 is 1.24 bits per heavy atom. The van der Waals surface area contributed by atoms with Gasteiger partial charge in [-0.25, -0.2) is 4.68 Å². The zero-order valence-corrected chi connectivity index (χ0v) is 13.7. The number of benzene rings is 1. The normalized spacial score (nSPS) is 11.6. The Balaban J connectivity index is 1.91. The number of aromatic nitrogens is 3. The van der Waals surface area contributed by atoms with Crippen LogP contribution in [0.5, 0.6) is 0 Å². The Bertz CT molecular complexity index is 744. The maximum absolute atomic E-state index is 12.2. The first-order valence-electron chi connectivity index (χ1n) is 7.63. The van der Waals surface area contributed by atoms with Crippen LogP contribution in [0.1, 0.15) is 30.6 Å². The first-order chi connectivity index (χ1) is 11.9. The number of carbonyl (C=O) groups is 3. The monoisotopic (exact) mass is 345 g/mol. The lowest BCUT2D eigenvalue weighted by atomic mass is 10.0. The summed E-state index contributed by atoms with van der Waals surface area (Å²) in [6.45, 7) is 1.23. The molecule has 25 heavy (non-hydrogen) atoms. The molecule has 2 amide bonds. The number of amides is 2. The van der Waals surface area contributed by atoms with Crippen LogP contribution in [-0.4, -0.2) is 37.9 Å². The smallest absolute Gasteiger partial charge is 0.325 e. The third-order valence-corrected chi connectivity index (χ3v) is 3.32. The van der Waals surface area contributed by atoms with Crippen LogP contribution < -0.4 is 10.6 Å². The van der Waals surface area contributed by atoms with E-state index in [1.54, 1.807) is 0 Å². The van der Waals surface area contributed by atoms with E-state index in [9.17, 15) is 14.4 Å². The van der Waals surface area contributed by atoms with Gasteiger partial charge in [-0.1, -0.05) is 35.5 Å². The highest BCUT2D eigenvalue weighted by atomic mass is 16.4. The van der Waals surface area contributed by atoms with E-state index < -0.39 is 12.0 Å². The van der Waals surface area contributed by atoms with Gasteiger partial charge >= 0.3 is 5.97 Å². The fourth-order valence-corrected chi connectivity index (χ4v) is 2.27. The molecule has 2 aromatic rings. The summed E-state index contributed by atoms with van der Waals surface area (Å²) in [5, 5.41) is 21.6. The third kappa shape index (κ3) is 6.05. The molecule has 0 spiro atoms. The summed E-state index contributed by atoms with van der Waals surface area (Å²) >= 11 is 0. The summed E-state index contributed by atoms with van der Waals surface area (Å²) in [5.74, 6) is -1.52. The lowest BCUT2D eigenvalue weighted by molar-refractivity contribution is -0.138. The van der Waals surface area contributed by atoms with Crippen molar-refractivity contribution in [3.05, 3.63) is 47.8 Å². The van der Waals surface area contributed by atoms with Gasteiger partial charge in [-0.3, -0.25) is 14.4 Å². The van der Waals surface area contributed by atoms with Crippen molar-refractivity contribution in [1.82, 2.24) is 25.6 Å². The lowest BCUT2D eigenvalue weighted by Gasteiger charge is -2.17. The van der Waals surface area contributed by atoms with Crippen LogP contribution in [0, 0.1) is 0 Å². The summed E-state index contributed by atoms with van der Waals surface area (Å²) in [6, 6.07) is 8.78. The molecule has 0 radical (unpaired) electrons. The molecule has 0 aliphatic carbocycles. The standard InChI is InChI=1S/C16H19N5O4/c1-11(22)18-14(12-5-3-2-4-6-12)7-15(23)17-8-13-9-21(20-19-13)10-16(24)25/h2-6,9,14H,7-8,10H2,1H3,(H,17,23)(H,18,22)(H,24,25). The second-order valence-electron chi connectivity index (χ2n) is 5.45. The second kappa shape index (κ2) is 8.57. The Kier molecular flexibility index (Phi) is 6.21. The summed E-state index contributed by atoms with van der Waals surface area (Å²) in [7, 11) is 0. The topological polar surface area (TPSA) is 126 Å². The lowest BCUT2D eigenvalue weighted by Crippen LogP contribution is -2.32. The highest BCUT2D eigenvalue weighted by Gasteiger charge is 2.17. The van der Waals surface area contributed by atoms with Crippen molar-refractivity contribution in [3.8, 4) is 0 Å². The molecular formula is C16H19N5O4. The van der Waals surface area contributed by atoms with Crippen molar-refractivity contribution < 1.29 is 19.5 Å². The third-order valence-electron chi connectivity index (χ3n) is 3.32. The number of nitrogens with one attached hydrogen (secondary N) is 2. The molecule has 3 N–H and O–H groups in total. The average Bonchev–Trinajstić information content (AvgIpc) is 2.99. The molecule has 0 fully saturated rings. The van der Waals surface area contributed by atoms with E-state index in [0.717, 1.165) is 5.56 Å². The molecule has 9 nitrogen and oxygen atoms in total. The number of rotatable bonds is 8. The van der Waals surface area contributed by atoms with Crippen LogP contribution in [0.4, 0.5) is 0 Å². The largest absolute Gasteiger partial charge is 0.480 e. The molecule has 0 aliphatic rings. The molecule has 1 heterocycles. The number of hydrogen-bond acceptors (Lipinski definition) is 5. The molecule has 0 bridgehead atoms. The van der Waals surface area contributed by atoms with Crippen molar-refractivity contribution in [2.75, 3.05) is 0 Å². The Labute approximate surface area is 144 Å². The number of hydrogen-bond donors (Lipinski definition) is 3. The maximum Gasteiger partial charge on any atom is 0.325 e. The predicted molar refractivity (Wildman–Crippen MR) is 87.1 cm³/mol. The Morgan fingerprint density at radius 3 is 2.60 bits per heavy atom. The van der Waals surface area contributed by atoms with Crippen LogP contribution in [-0.2, 0) is 27.5 Å². The number of carboxylic acids is 1. The minimum Gasteiger partial charge on any atom is -0.480 e. The van der Waals surface area contributed by atoms with E-state index in [1.807, 2.05) is 30.3 Å². The molecule has 2 rings (SSSR count). The first-order valence-corrected chi connectivity index (χ1v) is 7.63. The minimum absolute atomic E-state index is 0.0762. The van der Waals surface area contributed by atoms with Crippen LogP contribution in [0.2, 0.25) is 0 Å². The number of aliphatic carboxylic acids is 1. The summed E-state index contributed by atoms with van der Waals surface area (Å²) in [5.41, 5.74) is 1.28. The predicted octanol–water partition coefficient (Wildman–Crippen LogP) is 0.246. The molecule has 1 aromatic heterocycles.